The van der Waals surface area contributed by atoms with Gasteiger partial charge in [0.05, 0.1) is 13.2 Å². The van der Waals surface area contributed by atoms with E-state index >= 15 is 0 Å². The Morgan fingerprint density at radius 1 is 1.00 bits per heavy atom. The maximum atomic E-state index is 9.04. The molecule has 0 aliphatic rings. The Morgan fingerprint density at radius 3 is 1.62 bits per heavy atom. The van der Waals surface area contributed by atoms with Crippen LogP contribution in [0.2, 0.25) is 0 Å². The molecule has 0 aliphatic heterocycles. The Balaban J connectivity index is 0. The third kappa shape index (κ3) is 9.09. The van der Waals surface area contributed by atoms with Gasteiger partial charge in [-0.3, -0.25) is 0 Å². The first kappa shape index (κ1) is 18.2. The van der Waals surface area contributed by atoms with Crippen LogP contribution in [-0.4, -0.2) is 39.9 Å². The van der Waals surface area contributed by atoms with Gasteiger partial charge in [0, 0.05) is 5.41 Å². The number of rotatable bonds is 7. The van der Waals surface area contributed by atoms with Crippen molar-refractivity contribution >= 4 is 0 Å². The Bertz CT molecular complexity index is 125. The predicted molar refractivity (Wildman–Crippen MR) is 64.9 cm³/mol. The van der Waals surface area contributed by atoms with Gasteiger partial charge in [-0.15, -0.1) is 0 Å². The minimum absolute atomic E-state index is 0.111. The molecule has 0 aromatic rings. The second kappa shape index (κ2) is 11.3. The summed E-state index contributed by atoms with van der Waals surface area (Å²) in [6.45, 7) is 6.06. The summed E-state index contributed by atoms with van der Waals surface area (Å²) in [6, 6.07) is 0. The van der Waals surface area contributed by atoms with Gasteiger partial charge in [-0.1, -0.05) is 33.6 Å². The zero-order chi connectivity index (χ0) is 13.0. The lowest BCUT2D eigenvalue weighted by atomic mass is 9.82. The van der Waals surface area contributed by atoms with Gasteiger partial charge in [-0.25, -0.2) is 0 Å². The zero-order valence-electron chi connectivity index (χ0n) is 10.8. The first-order valence-corrected chi connectivity index (χ1v) is 6.09. The highest BCUT2D eigenvalue weighted by atomic mass is 16.5. The molecule has 0 aliphatic carbocycles. The fourth-order valence-electron chi connectivity index (χ4n) is 1.16. The van der Waals surface area contributed by atoms with Gasteiger partial charge in [0.25, 0.3) is 0 Å². The third-order valence-electron chi connectivity index (χ3n) is 2.85. The molecule has 4 nitrogen and oxygen atoms in total. The highest BCUT2D eigenvalue weighted by Gasteiger charge is 2.25. The largest absolute Gasteiger partial charge is 0.396 e. The van der Waals surface area contributed by atoms with Crippen molar-refractivity contribution in [3.8, 4) is 0 Å². The van der Waals surface area contributed by atoms with Crippen LogP contribution >= 0.6 is 0 Å². The normalized spacial score (nSPS) is 11.2. The van der Waals surface area contributed by atoms with Crippen LogP contribution in [0.5, 0.6) is 0 Å². The topological polar surface area (TPSA) is 80.9 Å². The summed E-state index contributed by atoms with van der Waals surface area (Å²) < 4.78 is 0. The smallest absolute Gasteiger partial charge is 0.151 e. The van der Waals surface area contributed by atoms with Crippen LogP contribution in [-0.2, 0) is 0 Å². The zero-order valence-corrected chi connectivity index (χ0v) is 10.8. The molecule has 0 aromatic carbocycles. The summed E-state index contributed by atoms with van der Waals surface area (Å²) in [5.74, 6) is 0. The summed E-state index contributed by atoms with van der Waals surface area (Å²) in [6.07, 6.45) is 3.32. The molecular weight excluding hydrogens is 208 g/mol. The molecule has 16 heavy (non-hydrogen) atoms. The molecule has 0 fully saturated rings. The van der Waals surface area contributed by atoms with E-state index in [1.165, 1.54) is 0 Å². The van der Waals surface area contributed by atoms with Crippen LogP contribution in [0.15, 0.2) is 0 Å². The van der Waals surface area contributed by atoms with E-state index in [1.54, 1.807) is 6.92 Å². The molecule has 4 N–H and O–H groups in total. The number of hydrogen-bond donors (Lipinski definition) is 4. The van der Waals surface area contributed by atoms with Crippen LogP contribution in [0, 0.1) is 5.41 Å². The van der Waals surface area contributed by atoms with E-state index in [-0.39, 0.29) is 18.6 Å². The van der Waals surface area contributed by atoms with E-state index in [9.17, 15) is 0 Å². The monoisotopic (exact) mass is 236 g/mol. The summed E-state index contributed by atoms with van der Waals surface area (Å²) in [5.41, 5.74) is -0.212. The van der Waals surface area contributed by atoms with E-state index in [2.05, 4.69) is 6.92 Å². The summed E-state index contributed by atoms with van der Waals surface area (Å²) in [7, 11) is 0. The Hall–Kier alpha value is -0.160. The van der Waals surface area contributed by atoms with E-state index in [0.717, 1.165) is 25.7 Å². The van der Waals surface area contributed by atoms with Crippen molar-refractivity contribution in [1.29, 1.82) is 0 Å². The minimum Gasteiger partial charge on any atom is -0.396 e. The number of aliphatic hydroxyl groups excluding tert-OH is 3. The highest BCUT2D eigenvalue weighted by Crippen LogP contribution is 2.27. The van der Waals surface area contributed by atoms with Gasteiger partial charge >= 0.3 is 0 Å². The summed E-state index contributed by atoms with van der Waals surface area (Å²) in [5, 5.41) is 33.9. The second-order valence-corrected chi connectivity index (χ2v) is 4.16. The second-order valence-electron chi connectivity index (χ2n) is 4.16. The van der Waals surface area contributed by atoms with Crippen molar-refractivity contribution in [3.63, 3.8) is 0 Å². The van der Waals surface area contributed by atoms with Gasteiger partial charge < -0.3 is 20.4 Å². The van der Waals surface area contributed by atoms with Crippen LogP contribution in [0.3, 0.4) is 0 Å². The van der Waals surface area contributed by atoms with Crippen molar-refractivity contribution in [1.82, 2.24) is 0 Å². The quantitative estimate of drug-likeness (QED) is 0.502. The molecule has 0 amide bonds. The van der Waals surface area contributed by atoms with Crippen LogP contribution in [0.4, 0.5) is 0 Å². The fourth-order valence-corrected chi connectivity index (χ4v) is 1.16. The van der Waals surface area contributed by atoms with E-state index in [4.69, 9.17) is 20.4 Å². The first-order chi connectivity index (χ1) is 7.51. The Kier molecular flexibility index (Phi) is 12.9. The predicted octanol–water partition coefficient (Wildman–Crippen LogP) is 1.26. The SMILES string of the molecule is CCC(O)O.CCCCC(CC)(CO)CO. The molecule has 0 saturated heterocycles. The van der Waals surface area contributed by atoms with Gasteiger partial charge in [-0.2, -0.15) is 0 Å². The lowest BCUT2D eigenvalue weighted by Gasteiger charge is -2.27. The third-order valence-corrected chi connectivity index (χ3v) is 2.85. The molecule has 0 spiro atoms. The van der Waals surface area contributed by atoms with E-state index < -0.39 is 6.29 Å². The molecule has 100 valence electrons. The van der Waals surface area contributed by atoms with Crippen LogP contribution in [0.1, 0.15) is 52.9 Å². The molecule has 0 radical (unpaired) electrons. The minimum atomic E-state index is -1.12. The molecule has 4 heteroatoms. The molecular formula is C12H28O4. The number of hydrogen-bond acceptors (Lipinski definition) is 4. The van der Waals surface area contributed by atoms with E-state index in [0.29, 0.717) is 6.42 Å². The summed E-state index contributed by atoms with van der Waals surface area (Å²) >= 11 is 0. The highest BCUT2D eigenvalue weighted by molar-refractivity contribution is 4.75. The molecule has 0 bridgehead atoms. The Labute approximate surface area is 98.9 Å². The van der Waals surface area contributed by atoms with Crippen molar-refractivity contribution in [2.24, 2.45) is 5.41 Å². The average molecular weight is 236 g/mol. The van der Waals surface area contributed by atoms with Crippen molar-refractivity contribution < 1.29 is 20.4 Å². The van der Waals surface area contributed by atoms with Gasteiger partial charge in [-0.05, 0) is 19.3 Å². The van der Waals surface area contributed by atoms with Gasteiger partial charge in [0.15, 0.2) is 6.29 Å². The molecule has 0 atom stereocenters. The molecule has 0 aromatic heterocycles. The standard InChI is InChI=1S/C9H20O2.C3H8O2/c1-3-5-6-9(4-2,7-10)8-11;1-2-3(4)5/h10-11H,3-8H2,1-2H3;3-5H,2H2,1H3. The van der Waals surface area contributed by atoms with Gasteiger partial charge in [0.1, 0.15) is 0 Å². The lowest BCUT2D eigenvalue weighted by Crippen LogP contribution is -2.28. The molecule has 0 rings (SSSR count). The fraction of sp³-hybridized carbons (Fsp3) is 1.00. The number of aliphatic hydroxyl groups is 4. The summed E-state index contributed by atoms with van der Waals surface area (Å²) in [4.78, 5) is 0. The maximum absolute atomic E-state index is 9.04. The molecule has 0 unspecified atom stereocenters. The molecule has 0 saturated carbocycles. The van der Waals surface area contributed by atoms with E-state index in [1.807, 2.05) is 6.92 Å². The van der Waals surface area contributed by atoms with Crippen LogP contribution < -0.4 is 0 Å². The first-order valence-electron chi connectivity index (χ1n) is 6.09. The Morgan fingerprint density at radius 2 is 1.44 bits per heavy atom. The van der Waals surface area contributed by atoms with Crippen LogP contribution in [0.25, 0.3) is 0 Å². The van der Waals surface area contributed by atoms with Crippen molar-refractivity contribution in [2.75, 3.05) is 13.2 Å². The lowest BCUT2D eigenvalue weighted by molar-refractivity contribution is -0.0413. The number of unbranched alkanes of at least 4 members (excludes halogenated alkanes) is 1. The maximum Gasteiger partial charge on any atom is 0.151 e. The van der Waals surface area contributed by atoms with Crippen molar-refractivity contribution in [3.05, 3.63) is 0 Å². The molecule has 0 heterocycles. The van der Waals surface area contributed by atoms with Crippen molar-refractivity contribution in [2.45, 2.75) is 59.2 Å². The van der Waals surface area contributed by atoms with Gasteiger partial charge in [0.2, 0.25) is 0 Å². The average Bonchev–Trinajstić information content (AvgIpc) is 2.32.